The van der Waals surface area contributed by atoms with Crippen LogP contribution in [0.2, 0.25) is 0 Å². The minimum atomic E-state index is -0.197. The lowest BCUT2D eigenvalue weighted by Crippen LogP contribution is -2.17. The van der Waals surface area contributed by atoms with Gasteiger partial charge in [0, 0.05) is 33.0 Å². The molecule has 3 nitrogen and oxygen atoms in total. The Labute approximate surface area is 314 Å². The Kier molecular flexibility index (Phi) is 6.14. The average molecular weight is 693 g/mol. The molecule has 2 aliphatic rings. The second-order valence-electron chi connectivity index (χ2n) is 16.0. The van der Waals surface area contributed by atoms with E-state index in [0.29, 0.717) is 5.56 Å². The molecule has 2 aliphatic carbocycles. The van der Waals surface area contributed by atoms with Crippen LogP contribution in [-0.2, 0) is 10.8 Å². The van der Waals surface area contributed by atoms with Gasteiger partial charge in [-0.05, 0) is 127 Å². The van der Waals surface area contributed by atoms with Gasteiger partial charge in [0.15, 0.2) is 5.58 Å². The van der Waals surface area contributed by atoms with Crippen LogP contribution >= 0.6 is 0 Å². The molecule has 1 aromatic heterocycles. The molecule has 0 N–H and O–H groups in total. The molecule has 0 amide bonds. The first-order valence-electron chi connectivity index (χ1n) is 18.7. The summed E-state index contributed by atoms with van der Waals surface area (Å²) in [5, 5.41) is 16.9. The van der Waals surface area contributed by atoms with E-state index in [9.17, 15) is 5.26 Å². The van der Waals surface area contributed by atoms with Crippen molar-refractivity contribution in [3.05, 3.63) is 173 Å². The zero-order valence-corrected chi connectivity index (χ0v) is 30.7. The van der Waals surface area contributed by atoms with Crippen LogP contribution in [0.5, 0.6) is 0 Å². The van der Waals surface area contributed by atoms with E-state index in [1.54, 1.807) is 0 Å². The fraction of sp³-hybridized carbons (Fsp3) is 0.118. The topological polar surface area (TPSA) is 40.2 Å². The molecule has 0 aliphatic heterocycles. The van der Waals surface area contributed by atoms with Crippen molar-refractivity contribution in [2.24, 2.45) is 0 Å². The highest BCUT2D eigenvalue weighted by molar-refractivity contribution is 6.11. The first-order valence-corrected chi connectivity index (χ1v) is 18.7. The minimum Gasteiger partial charge on any atom is -0.454 e. The van der Waals surface area contributed by atoms with Crippen molar-refractivity contribution in [1.82, 2.24) is 0 Å². The molecule has 11 rings (SSSR count). The van der Waals surface area contributed by atoms with Gasteiger partial charge in [-0.1, -0.05) is 113 Å². The van der Waals surface area contributed by atoms with Gasteiger partial charge in [-0.3, -0.25) is 0 Å². The van der Waals surface area contributed by atoms with E-state index in [2.05, 4.69) is 148 Å². The Morgan fingerprint density at radius 3 is 1.80 bits per heavy atom. The summed E-state index contributed by atoms with van der Waals surface area (Å²) in [6.45, 7) is 9.57. The molecular formula is C51H36N2O. The van der Waals surface area contributed by atoms with Gasteiger partial charge < -0.3 is 9.32 Å². The molecule has 3 heteroatoms. The number of fused-ring (bicyclic) bond motifs is 13. The monoisotopic (exact) mass is 692 g/mol. The van der Waals surface area contributed by atoms with Crippen molar-refractivity contribution >= 4 is 60.5 Å². The molecule has 9 aromatic rings. The molecule has 0 saturated heterocycles. The molecule has 0 bridgehead atoms. The van der Waals surface area contributed by atoms with Crippen molar-refractivity contribution in [3.63, 3.8) is 0 Å². The van der Waals surface area contributed by atoms with Crippen LogP contribution in [0, 0.1) is 11.3 Å². The van der Waals surface area contributed by atoms with Crippen LogP contribution < -0.4 is 4.90 Å². The van der Waals surface area contributed by atoms with Crippen molar-refractivity contribution in [3.8, 4) is 28.3 Å². The third kappa shape index (κ3) is 4.06. The van der Waals surface area contributed by atoms with Gasteiger partial charge in [-0.15, -0.1) is 0 Å². The van der Waals surface area contributed by atoms with E-state index in [0.717, 1.165) is 39.0 Å². The summed E-state index contributed by atoms with van der Waals surface area (Å²) in [6.07, 6.45) is 0. The number of nitriles is 1. The van der Waals surface area contributed by atoms with Crippen molar-refractivity contribution in [2.75, 3.05) is 4.90 Å². The Hall–Kier alpha value is -6.63. The zero-order valence-electron chi connectivity index (χ0n) is 30.7. The molecule has 8 aromatic carbocycles. The Balaban J connectivity index is 1.08. The van der Waals surface area contributed by atoms with E-state index >= 15 is 0 Å². The summed E-state index contributed by atoms with van der Waals surface area (Å²) in [5.74, 6) is 0. The molecule has 0 fully saturated rings. The fourth-order valence-electron chi connectivity index (χ4n) is 9.89. The highest BCUT2D eigenvalue weighted by Crippen LogP contribution is 2.58. The number of benzene rings is 8. The first-order chi connectivity index (χ1) is 26.2. The van der Waals surface area contributed by atoms with E-state index in [4.69, 9.17) is 4.42 Å². The molecule has 0 radical (unpaired) electrons. The average Bonchev–Trinajstić information content (AvgIpc) is 3.77. The zero-order chi connectivity index (χ0) is 36.5. The molecule has 54 heavy (non-hydrogen) atoms. The predicted molar refractivity (Wildman–Crippen MR) is 223 cm³/mol. The molecule has 1 heterocycles. The predicted octanol–water partition coefficient (Wildman–Crippen LogP) is 13.8. The van der Waals surface area contributed by atoms with E-state index in [1.165, 1.54) is 66.1 Å². The van der Waals surface area contributed by atoms with Gasteiger partial charge in [-0.25, -0.2) is 0 Å². The van der Waals surface area contributed by atoms with Crippen molar-refractivity contribution in [1.29, 1.82) is 5.26 Å². The summed E-state index contributed by atoms with van der Waals surface area (Å²) < 4.78 is 6.56. The SMILES string of the molecule is CC1(C)c2cc3c(cc2-c2ccc4ccccc4c21)C(C)(C)c1c-3ccc2cc(N(c3ccc(C#N)cc3)c3cccc4c3oc3ccccc34)ccc12. The number of rotatable bonds is 3. The number of anilines is 3. The van der Waals surface area contributed by atoms with E-state index in [-0.39, 0.29) is 10.8 Å². The van der Waals surface area contributed by atoms with Gasteiger partial charge in [0.1, 0.15) is 5.58 Å². The number of hydrogen-bond donors (Lipinski definition) is 0. The summed E-state index contributed by atoms with van der Waals surface area (Å²) in [7, 11) is 0. The smallest absolute Gasteiger partial charge is 0.159 e. The number of nitrogens with zero attached hydrogens (tertiary/aromatic N) is 2. The Bertz CT molecular complexity index is 3120. The third-order valence-electron chi connectivity index (χ3n) is 12.4. The molecule has 256 valence electrons. The van der Waals surface area contributed by atoms with E-state index < -0.39 is 0 Å². The van der Waals surface area contributed by atoms with Gasteiger partial charge >= 0.3 is 0 Å². The third-order valence-corrected chi connectivity index (χ3v) is 12.4. The highest BCUT2D eigenvalue weighted by Gasteiger charge is 2.43. The molecular weight excluding hydrogens is 657 g/mol. The first kappa shape index (κ1) is 30.9. The molecule has 0 atom stereocenters. The van der Waals surface area contributed by atoms with Gasteiger partial charge in [0.05, 0.1) is 17.3 Å². The summed E-state index contributed by atoms with van der Waals surface area (Å²) >= 11 is 0. The lowest BCUT2D eigenvalue weighted by atomic mass is 9.78. The number of hydrogen-bond acceptors (Lipinski definition) is 3. The lowest BCUT2D eigenvalue weighted by Gasteiger charge is -2.27. The van der Waals surface area contributed by atoms with Gasteiger partial charge in [0.25, 0.3) is 0 Å². The Morgan fingerprint density at radius 2 is 1.09 bits per heavy atom. The quantitative estimate of drug-likeness (QED) is 0.185. The molecule has 0 spiro atoms. The van der Waals surface area contributed by atoms with Crippen LogP contribution in [0.1, 0.15) is 55.5 Å². The largest absolute Gasteiger partial charge is 0.454 e. The maximum Gasteiger partial charge on any atom is 0.159 e. The van der Waals surface area contributed by atoms with Crippen molar-refractivity contribution < 1.29 is 4.42 Å². The van der Waals surface area contributed by atoms with Gasteiger partial charge in [-0.2, -0.15) is 5.26 Å². The van der Waals surface area contributed by atoms with E-state index in [1.807, 2.05) is 36.4 Å². The van der Waals surface area contributed by atoms with Crippen LogP contribution in [0.4, 0.5) is 17.1 Å². The number of furan rings is 1. The maximum absolute atomic E-state index is 9.60. The van der Waals surface area contributed by atoms with Gasteiger partial charge in [0.2, 0.25) is 0 Å². The fourth-order valence-corrected chi connectivity index (χ4v) is 9.89. The minimum absolute atomic E-state index is 0.114. The second-order valence-corrected chi connectivity index (χ2v) is 16.0. The Morgan fingerprint density at radius 1 is 0.500 bits per heavy atom. The molecule has 0 unspecified atom stereocenters. The summed E-state index contributed by atoms with van der Waals surface area (Å²) in [6, 6.07) is 54.6. The lowest BCUT2D eigenvalue weighted by molar-refractivity contribution is 0.657. The highest BCUT2D eigenvalue weighted by atomic mass is 16.3. The summed E-state index contributed by atoms with van der Waals surface area (Å²) in [4.78, 5) is 2.26. The van der Waals surface area contributed by atoms with Crippen LogP contribution in [0.25, 0.3) is 65.7 Å². The number of para-hydroxylation sites is 2. The van der Waals surface area contributed by atoms with Crippen LogP contribution in [0.3, 0.4) is 0 Å². The summed E-state index contributed by atoms with van der Waals surface area (Å²) in [5.41, 5.74) is 16.0. The van der Waals surface area contributed by atoms with Crippen LogP contribution in [0.15, 0.2) is 150 Å². The standard InChI is InChI=1S/C51H36N2O/c1-50(2)43-28-42-39-24-19-32-26-34(53(33-20-16-30(29-52)17-21-33)45-14-9-13-40-37-12-7-8-15-46(37)54-49(40)45)22-25-36(32)48(39)51(3,4)44(42)27-41(43)38-23-18-31-10-5-6-11-35(31)47(38)50/h5-28H,1-4H3. The normalized spacial score (nSPS) is 14.6. The van der Waals surface area contributed by atoms with Crippen molar-refractivity contribution in [2.45, 2.75) is 38.5 Å². The molecule has 0 saturated carbocycles. The second kappa shape index (κ2) is 10.7. The maximum atomic E-state index is 9.60. The van der Waals surface area contributed by atoms with Crippen LogP contribution in [-0.4, -0.2) is 0 Å².